The van der Waals surface area contributed by atoms with E-state index in [-0.39, 0.29) is 17.3 Å². The number of rotatable bonds is 5. The number of carbonyl (C=O) groups excluding carboxylic acids is 1. The number of nitrogens with one attached hydrogen (secondary N) is 1. The number of hydrogen-bond acceptors (Lipinski definition) is 2. The first-order valence-electron chi connectivity index (χ1n) is 5.24. The number of halogens is 2. The Morgan fingerprint density at radius 2 is 2.25 bits per heavy atom. The van der Waals surface area contributed by atoms with Crippen molar-refractivity contribution >= 4 is 21.7 Å². The number of benzene rings is 1. The van der Waals surface area contributed by atoms with E-state index in [0.29, 0.717) is 13.0 Å². The molecular formula is C12H15BrFNO. The van der Waals surface area contributed by atoms with Gasteiger partial charge < -0.3 is 5.32 Å². The smallest absolute Gasteiger partial charge is 0.170 e. The van der Waals surface area contributed by atoms with Crippen LogP contribution in [0.3, 0.4) is 0 Å². The molecule has 1 N–H and O–H groups in total. The number of ketones is 1. The SMILES string of the molecule is CCC(CNC)C(=O)c1cc(Br)ccc1F. The number of carbonyl (C=O) groups is 1. The van der Waals surface area contributed by atoms with Gasteiger partial charge in [0.15, 0.2) is 5.78 Å². The van der Waals surface area contributed by atoms with Crippen molar-refractivity contribution < 1.29 is 9.18 Å². The summed E-state index contributed by atoms with van der Waals surface area (Å²) in [5.41, 5.74) is 0.163. The van der Waals surface area contributed by atoms with Crippen LogP contribution in [0.4, 0.5) is 4.39 Å². The summed E-state index contributed by atoms with van der Waals surface area (Å²) >= 11 is 3.24. The largest absolute Gasteiger partial charge is 0.319 e. The molecule has 1 rings (SSSR count). The molecule has 0 saturated heterocycles. The van der Waals surface area contributed by atoms with E-state index in [0.717, 1.165) is 4.47 Å². The van der Waals surface area contributed by atoms with Crippen LogP contribution in [0.5, 0.6) is 0 Å². The van der Waals surface area contributed by atoms with Gasteiger partial charge in [0.2, 0.25) is 0 Å². The maximum absolute atomic E-state index is 13.5. The van der Waals surface area contributed by atoms with Crippen molar-refractivity contribution in [1.29, 1.82) is 0 Å². The Morgan fingerprint density at radius 1 is 1.56 bits per heavy atom. The summed E-state index contributed by atoms with van der Waals surface area (Å²) < 4.78 is 14.2. The molecule has 2 nitrogen and oxygen atoms in total. The van der Waals surface area contributed by atoms with E-state index < -0.39 is 5.82 Å². The maximum atomic E-state index is 13.5. The lowest BCUT2D eigenvalue weighted by molar-refractivity contribution is 0.0912. The van der Waals surface area contributed by atoms with E-state index in [1.807, 2.05) is 6.92 Å². The lowest BCUT2D eigenvalue weighted by Gasteiger charge is -2.13. The van der Waals surface area contributed by atoms with Crippen LogP contribution in [-0.4, -0.2) is 19.4 Å². The van der Waals surface area contributed by atoms with Gasteiger partial charge in [-0.2, -0.15) is 0 Å². The first-order valence-corrected chi connectivity index (χ1v) is 6.03. The molecular weight excluding hydrogens is 273 g/mol. The van der Waals surface area contributed by atoms with Crippen LogP contribution >= 0.6 is 15.9 Å². The third-order valence-corrected chi connectivity index (χ3v) is 3.00. The Kier molecular flexibility index (Phi) is 5.09. The molecule has 4 heteroatoms. The zero-order valence-electron chi connectivity index (χ0n) is 9.39. The van der Waals surface area contributed by atoms with Crippen molar-refractivity contribution in [2.45, 2.75) is 13.3 Å². The second-order valence-electron chi connectivity index (χ2n) is 3.65. The van der Waals surface area contributed by atoms with Gasteiger partial charge in [-0.15, -0.1) is 0 Å². The van der Waals surface area contributed by atoms with Crippen molar-refractivity contribution in [1.82, 2.24) is 5.32 Å². The predicted molar refractivity (Wildman–Crippen MR) is 66.1 cm³/mol. The highest BCUT2D eigenvalue weighted by molar-refractivity contribution is 9.10. The zero-order valence-corrected chi connectivity index (χ0v) is 11.0. The van der Waals surface area contributed by atoms with Crippen molar-refractivity contribution in [2.24, 2.45) is 5.92 Å². The Labute approximate surface area is 103 Å². The fraction of sp³-hybridized carbons (Fsp3) is 0.417. The Morgan fingerprint density at radius 3 is 2.81 bits per heavy atom. The Hall–Kier alpha value is -0.740. The van der Waals surface area contributed by atoms with Crippen LogP contribution in [0.15, 0.2) is 22.7 Å². The van der Waals surface area contributed by atoms with Crippen molar-refractivity contribution in [3.8, 4) is 0 Å². The van der Waals surface area contributed by atoms with Crippen LogP contribution in [0.25, 0.3) is 0 Å². The van der Waals surface area contributed by atoms with Crippen LogP contribution < -0.4 is 5.32 Å². The van der Waals surface area contributed by atoms with Gasteiger partial charge in [-0.25, -0.2) is 4.39 Å². The third kappa shape index (κ3) is 3.12. The van der Waals surface area contributed by atoms with Gasteiger partial charge in [-0.05, 0) is 31.7 Å². The first-order chi connectivity index (χ1) is 7.60. The summed E-state index contributed by atoms with van der Waals surface area (Å²) in [5.74, 6) is -0.771. The topological polar surface area (TPSA) is 29.1 Å². The maximum Gasteiger partial charge on any atom is 0.170 e. The van der Waals surface area contributed by atoms with Gasteiger partial charge in [0, 0.05) is 16.9 Å². The number of Topliss-reactive ketones (excluding diaryl/α,β-unsaturated/α-hetero) is 1. The standard InChI is InChI=1S/C12H15BrFNO/c1-3-8(7-15-2)12(16)10-6-9(13)4-5-11(10)14/h4-6,8,15H,3,7H2,1-2H3. The molecule has 0 saturated carbocycles. The molecule has 1 aromatic carbocycles. The summed E-state index contributed by atoms with van der Waals surface area (Å²) in [6, 6.07) is 4.44. The molecule has 0 amide bonds. The zero-order chi connectivity index (χ0) is 12.1. The summed E-state index contributed by atoms with van der Waals surface area (Å²) in [4.78, 5) is 12.0. The quantitative estimate of drug-likeness (QED) is 0.844. The van der Waals surface area contributed by atoms with E-state index in [9.17, 15) is 9.18 Å². The molecule has 0 spiro atoms. The van der Waals surface area contributed by atoms with Crippen LogP contribution in [0.1, 0.15) is 23.7 Å². The second-order valence-corrected chi connectivity index (χ2v) is 4.57. The first kappa shape index (κ1) is 13.3. The average molecular weight is 288 g/mol. The van der Waals surface area contributed by atoms with E-state index in [1.165, 1.54) is 12.1 Å². The van der Waals surface area contributed by atoms with Crippen molar-refractivity contribution in [3.63, 3.8) is 0 Å². The van der Waals surface area contributed by atoms with Gasteiger partial charge in [0.25, 0.3) is 0 Å². The van der Waals surface area contributed by atoms with Gasteiger partial charge in [-0.3, -0.25) is 4.79 Å². The second kappa shape index (κ2) is 6.11. The van der Waals surface area contributed by atoms with Crippen molar-refractivity contribution in [2.75, 3.05) is 13.6 Å². The molecule has 16 heavy (non-hydrogen) atoms. The highest BCUT2D eigenvalue weighted by Gasteiger charge is 2.20. The lowest BCUT2D eigenvalue weighted by Crippen LogP contribution is -2.26. The molecule has 0 aliphatic carbocycles. The van der Waals surface area contributed by atoms with Gasteiger partial charge in [0.1, 0.15) is 5.82 Å². The molecule has 0 heterocycles. The molecule has 0 radical (unpaired) electrons. The van der Waals surface area contributed by atoms with Gasteiger partial charge in [-0.1, -0.05) is 22.9 Å². The summed E-state index contributed by atoms with van der Waals surface area (Å²) in [6.45, 7) is 2.50. The van der Waals surface area contributed by atoms with Gasteiger partial charge in [0.05, 0.1) is 5.56 Å². The van der Waals surface area contributed by atoms with E-state index in [1.54, 1.807) is 13.1 Å². The summed E-state index contributed by atoms with van der Waals surface area (Å²) in [6.07, 6.45) is 0.700. The fourth-order valence-electron chi connectivity index (χ4n) is 1.58. The highest BCUT2D eigenvalue weighted by Crippen LogP contribution is 2.19. The lowest BCUT2D eigenvalue weighted by atomic mass is 9.95. The van der Waals surface area contributed by atoms with E-state index >= 15 is 0 Å². The predicted octanol–water partition coefficient (Wildman–Crippen LogP) is 3.02. The van der Waals surface area contributed by atoms with E-state index in [2.05, 4.69) is 21.2 Å². The minimum atomic E-state index is -0.456. The Balaban J connectivity index is 2.98. The molecule has 1 unspecified atom stereocenters. The minimum absolute atomic E-state index is 0.143. The van der Waals surface area contributed by atoms with Gasteiger partial charge >= 0.3 is 0 Å². The van der Waals surface area contributed by atoms with Crippen LogP contribution in [0, 0.1) is 11.7 Å². The minimum Gasteiger partial charge on any atom is -0.319 e. The average Bonchev–Trinajstić information content (AvgIpc) is 2.28. The third-order valence-electron chi connectivity index (χ3n) is 2.51. The molecule has 0 aromatic heterocycles. The fourth-order valence-corrected chi connectivity index (χ4v) is 1.94. The Bertz CT molecular complexity index is 381. The summed E-state index contributed by atoms with van der Waals surface area (Å²) in [7, 11) is 1.78. The molecule has 0 aliphatic rings. The van der Waals surface area contributed by atoms with Crippen LogP contribution in [0.2, 0.25) is 0 Å². The molecule has 1 atom stereocenters. The molecule has 1 aromatic rings. The highest BCUT2D eigenvalue weighted by atomic mass is 79.9. The number of hydrogen-bond donors (Lipinski definition) is 1. The van der Waals surface area contributed by atoms with Crippen molar-refractivity contribution in [3.05, 3.63) is 34.1 Å². The molecule has 0 aliphatic heterocycles. The summed E-state index contributed by atoms with van der Waals surface area (Å²) in [5, 5.41) is 2.95. The molecule has 0 bridgehead atoms. The molecule has 88 valence electrons. The van der Waals surface area contributed by atoms with E-state index in [4.69, 9.17) is 0 Å². The normalized spacial score (nSPS) is 12.5. The monoisotopic (exact) mass is 287 g/mol. The molecule has 0 fully saturated rings. The van der Waals surface area contributed by atoms with Crippen LogP contribution in [-0.2, 0) is 0 Å².